The highest BCUT2D eigenvalue weighted by Crippen LogP contribution is 2.26. The van der Waals surface area contributed by atoms with Gasteiger partial charge in [0.2, 0.25) is 0 Å². The predicted octanol–water partition coefficient (Wildman–Crippen LogP) is 4.50. The SMILES string of the molecule is Cc1cc([C@@H](N)c2ccc(OC(F)(F)F)cc2)ccc1F.Cl. The van der Waals surface area contributed by atoms with E-state index in [9.17, 15) is 17.6 Å². The molecule has 1 atom stereocenters. The fourth-order valence-electron chi connectivity index (χ4n) is 1.93. The minimum absolute atomic E-state index is 0. The Kier molecular flexibility index (Phi) is 5.79. The largest absolute Gasteiger partial charge is 0.573 e. The molecule has 0 aliphatic heterocycles. The van der Waals surface area contributed by atoms with Gasteiger partial charge in [-0.2, -0.15) is 0 Å². The average Bonchev–Trinajstić information content (AvgIpc) is 2.40. The maximum absolute atomic E-state index is 13.2. The van der Waals surface area contributed by atoms with E-state index in [1.165, 1.54) is 30.3 Å². The molecular weight excluding hydrogens is 322 g/mol. The van der Waals surface area contributed by atoms with E-state index in [-0.39, 0.29) is 24.0 Å². The summed E-state index contributed by atoms with van der Waals surface area (Å²) in [6.45, 7) is 1.62. The van der Waals surface area contributed by atoms with Gasteiger partial charge in [-0.05, 0) is 41.8 Å². The Labute approximate surface area is 131 Å². The number of nitrogens with two attached hydrogens (primary N) is 1. The maximum Gasteiger partial charge on any atom is 0.573 e. The van der Waals surface area contributed by atoms with Crippen LogP contribution in [-0.2, 0) is 0 Å². The van der Waals surface area contributed by atoms with E-state index in [0.717, 1.165) is 0 Å². The van der Waals surface area contributed by atoms with Gasteiger partial charge in [-0.15, -0.1) is 25.6 Å². The molecule has 2 nitrogen and oxygen atoms in total. The Bertz CT molecular complexity index is 628. The molecule has 2 N–H and O–H groups in total. The summed E-state index contributed by atoms with van der Waals surface area (Å²) in [6, 6.07) is 9.20. The summed E-state index contributed by atoms with van der Waals surface area (Å²) >= 11 is 0. The first-order chi connectivity index (χ1) is 9.76. The molecule has 2 aromatic carbocycles. The molecule has 0 fully saturated rings. The standard InChI is InChI=1S/C15H13F4NO.ClH/c1-9-8-11(4-7-13(9)16)14(20)10-2-5-12(6-3-10)21-15(17,18)19;/h2-8,14H,20H2,1H3;1H/t14-;/m0./s1. The van der Waals surface area contributed by atoms with Gasteiger partial charge in [-0.25, -0.2) is 4.39 Å². The topological polar surface area (TPSA) is 35.2 Å². The van der Waals surface area contributed by atoms with Crippen molar-refractivity contribution in [2.45, 2.75) is 19.3 Å². The van der Waals surface area contributed by atoms with Crippen LogP contribution >= 0.6 is 12.4 Å². The van der Waals surface area contributed by atoms with Crippen LogP contribution in [0.2, 0.25) is 0 Å². The molecule has 0 radical (unpaired) electrons. The molecule has 22 heavy (non-hydrogen) atoms. The number of ether oxygens (including phenoxy) is 1. The highest BCUT2D eigenvalue weighted by atomic mass is 35.5. The molecule has 0 unspecified atom stereocenters. The van der Waals surface area contributed by atoms with Crippen molar-refractivity contribution in [2.75, 3.05) is 0 Å². The third kappa shape index (κ3) is 4.61. The fourth-order valence-corrected chi connectivity index (χ4v) is 1.93. The lowest BCUT2D eigenvalue weighted by Gasteiger charge is -2.15. The van der Waals surface area contributed by atoms with E-state index in [4.69, 9.17) is 5.73 Å². The third-order valence-corrected chi connectivity index (χ3v) is 3.01. The van der Waals surface area contributed by atoms with Gasteiger partial charge in [0.05, 0.1) is 6.04 Å². The van der Waals surface area contributed by atoms with Crippen molar-refractivity contribution in [2.24, 2.45) is 5.73 Å². The highest BCUT2D eigenvalue weighted by molar-refractivity contribution is 5.85. The minimum Gasteiger partial charge on any atom is -0.406 e. The zero-order valence-electron chi connectivity index (χ0n) is 11.5. The third-order valence-electron chi connectivity index (χ3n) is 3.01. The Balaban J connectivity index is 0.00000242. The van der Waals surface area contributed by atoms with Crippen LogP contribution < -0.4 is 10.5 Å². The van der Waals surface area contributed by atoms with Gasteiger partial charge in [-0.3, -0.25) is 0 Å². The van der Waals surface area contributed by atoms with Gasteiger partial charge in [0, 0.05) is 0 Å². The van der Waals surface area contributed by atoms with Crippen molar-refractivity contribution in [3.63, 3.8) is 0 Å². The van der Waals surface area contributed by atoms with Crippen LogP contribution in [0.25, 0.3) is 0 Å². The quantitative estimate of drug-likeness (QED) is 0.838. The minimum atomic E-state index is -4.72. The zero-order valence-corrected chi connectivity index (χ0v) is 12.3. The van der Waals surface area contributed by atoms with E-state index < -0.39 is 12.4 Å². The molecule has 0 spiro atoms. The number of hydrogen-bond donors (Lipinski definition) is 1. The number of alkyl halides is 3. The summed E-state index contributed by atoms with van der Waals surface area (Å²) < 4.78 is 53.2. The molecule has 0 saturated carbocycles. The fraction of sp³-hybridized carbons (Fsp3) is 0.200. The second-order valence-electron chi connectivity index (χ2n) is 4.60. The molecule has 7 heteroatoms. The first-order valence-corrected chi connectivity index (χ1v) is 6.13. The van der Waals surface area contributed by atoms with Crippen molar-refractivity contribution in [1.82, 2.24) is 0 Å². The molecule has 2 aromatic rings. The van der Waals surface area contributed by atoms with Crippen molar-refractivity contribution in [1.29, 1.82) is 0 Å². The Morgan fingerprint density at radius 2 is 1.55 bits per heavy atom. The molecule has 120 valence electrons. The van der Waals surface area contributed by atoms with E-state index in [2.05, 4.69) is 4.74 Å². The predicted molar refractivity (Wildman–Crippen MR) is 77.5 cm³/mol. The van der Waals surface area contributed by atoms with Crippen molar-refractivity contribution < 1.29 is 22.3 Å². The lowest BCUT2D eigenvalue weighted by atomic mass is 9.98. The van der Waals surface area contributed by atoms with Gasteiger partial charge in [-0.1, -0.05) is 24.3 Å². The van der Waals surface area contributed by atoms with Crippen LogP contribution in [-0.4, -0.2) is 6.36 Å². The molecule has 0 aliphatic rings. The van der Waals surface area contributed by atoms with Crippen LogP contribution in [0, 0.1) is 12.7 Å². The summed E-state index contributed by atoms with van der Waals surface area (Å²) in [5.41, 5.74) is 7.77. The van der Waals surface area contributed by atoms with E-state index in [0.29, 0.717) is 16.7 Å². The maximum atomic E-state index is 13.2. The van der Waals surface area contributed by atoms with Gasteiger partial charge >= 0.3 is 6.36 Å². The smallest absolute Gasteiger partial charge is 0.406 e. The van der Waals surface area contributed by atoms with Crippen molar-refractivity contribution in [3.05, 3.63) is 65.0 Å². The summed E-state index contributed by atoms with van der Waals surface area (Å²) in [7, 11) is 0. The number of hydrogen-bond acceptors (Lipinski definition) is 2. The molecule has 0 saturated heterocycles. The lowest BCUT2D eigenvalue weighted by Crippen LogP contribution is -2.17. The van der Waals surface area contributed by atoms with Crippen LogP contribution in [0.3, 0.4) is 0 Å². The average molecular weight is 336 g/mol. The number of benzene rings is 2. The summed E-state index contributed by atoms with van der Waals surface area (Å²) in [6.07, 6.45) is -4.72. The molecule has 0 heterocycles. The van der Waals surface area contributed by atoms with Crippen LogP contribution in [0.15, 0.2) is 42.5 Å². The molecule has 0 aromatic heterocycles. The Morgan fingerprint density at radius 3 is 2.05 bits per heavy atom. The Morgan fingerprint density at radius 1 is 1.00 bits per heavy atom. The van der Waals surface area contributed by atoms with Crippen molar-refractivity contribution in [3.8, 4) is 5.75 Å². The second kappa shape index (κ2) is 6.98. The van der Waals surface area contributed by atoms with E-state index in [1.54, 1.807) is 19.1 Å². The van der Waals surface area contributed by atoms with Crippen molar-refractivity contribution >= 4 is 12.4 Å². The van der Waals surface area contributed by atoms with Gasteiger partial charge in [0.1, 0.15) is 11.6 Å². The number of rotatable bonds is 3. The second-order valence-corrected chi connectivity index (χ2v) is 4.60. The van der Waals surface area contributed by atoms with E-state index >= 15 is 0 Å². The number of halogens is 5. The normalized spacial score (nSPS) is 12.5. The summed E-state index contributed by atoms with van der Waals surface area (Å²) in [5.74, 6) is -0.645. The molecular formula is C15H14ClF4NO. The lowest BCUT2D eigenvalue weighted by molar-refractivity contribution is -0.274. The Hall–Kier alpha value is -1.79. The zero-order chi connectivity index (χ0) is 15.6. The van der Waals surface area contributed by atoms with Crippen LogP contribution in [0.4, 0.5) is 17.6 Å². The van der Waals surface area contributed by atoms with Crippen LogP contribution in [0.1, 0.15) is 22.7 Å². The molecule has 2 rings (SSSR count). The molecule has 0 amide bonds. The van der Waals surface area contributed by atoms with Gasteiger partial charge in [0.15, 0.2) is 0 Å². The molecule has 0 bridgehead atoms. The first kappa shape index (κ1) is 18.3. The highest BCUT2D eigenvalue weighted by Gasteiger charge is 2.31. The monoisotopic (exact) mass is 335 g/mol. The van der Waals surface area contributed by atoms with Crippen LogP contribution in [0.5, 0.6) is 5.75 Å². The molecule has 0 aliphatic carbocycles. The van der Waals surface area contributed by atoms with Gasteiger partial charge in [0.25, 0.3) is 0 Å². The van der Waals surface area contributed by atoms with E-state index in [1.807, 2.05) is 0 Å². The number of aryl methyl sites for hydroxylation is 1. The summed E-state index contributed by atoms with van der Waals surface area (Å²) in [5, 5.41) is 0. The summed E-state index contributed by atoms with van der Waals surface area (Å²) in [4.78, 5) is 0. The van der Waals surface area contributed by atoms with Gasteiger partial charge < -0.3 is 10.5 Å². The first-order valence-electron chi connectivity index (χ1n) is 6.13.